The number of nitrogens with zero attached hydrogens (tertiary/aromatic N) is 5. The molecule has 0 fully saturated rings. The Hall–Kier alpha value is -8.75. The second kappa shape index (κ2) is 15.4. The summed E-state index contributed by atoms with van der Waals surface area (Å²) < 4.78 is 9.77. The van der Waals surface area contributed by atoms with Crippen LogP contribution in [-0.4, -0.2) is 24.1 Å². The van der Waals surface area contributed by atoms with E-state index in [0.717, 1.165) is 39.2 Å². The van der Waals surface area contributed by atoms with Gasteiger partial charge in [0, 0.05) is 90.0 Å². The van der Waals surface area contributed by atoms with Gasteiger partial charge in [0.1, 0.15) is 0 Å². The number of rotatable bonds is 6. The van der Waals surface area contributed by atoms with Gasteiger partial charge in [-0.05, 0) is 90.0 Å². The second-order valence-corrected chi connectivity index (χ2v) is 20.1. The van der Waals surface area contributed by atoms with Crippen LogP contribution in [0.3, 0.4) is 0 Å². The monoisotopic (exact) mass is 927 g/mol. The molecule has 0 unspecified atom stereocenters. The Kier molecular flexibility index (Phi) is 8.63. The van der Waals surface area contributed by atoms with Gasteiger partial charge in [-0.25, -0.2) is 15.0 Å². The maximum absolute atomic E-state index is 5.35. The van der Waals surface area contributed by atoms with Crippen LogP contribution in [0.15, 0.2) is 224 Å². The van der Waals surface area contributed by atoms with Gasteiger partial charge in [0.25, 0.3) is 0 Å². The van der Waals surface area contributed by atoms with E-state index in [9.17, 15) is 0 Å². The first-order chi connectivity index (χ1) is 34.7. The highest BCUT2D eigenvalue weighted by atomic mass is 32.1. The van der Waals surface area contributed by atoms with Gasteiger partial charge in [-0.15, -0.1) is 22.7 Å². The van der Waals surface area contributed by atoms with Gasteiger partial charge in [-0.2, -0.15) is 0 Å². The molecule has 0 aliphatic rings. The molecule has 15 aromatic rings. The van der Waals surface area contributed by atoms with E-state index in [-0.39, 0.29) is 0 Å². The Morgan fingerprint density at radius 2 is 0.686 bits per heavy atom. The zero-order valence-corrected chi connectivity index (χ0v) is 39.0. The first-order valence-electron chi connectivity index (χ1n) is 23.5. The molecule has 5 heterocycles. The predicted molar refractivity (Wildman–Crippen MR) is 296 cm³/mol. The lowest BCUT2D eigenvalue weighted by atomic mass is 9.95. The molecule has 0 N–H and O–H groups in total. The summed E-state index contributed by atoms with van der Waals surface area (Å²) >= 11 is 3.71. The third-order valence-corrected chi connectivity index (χ3v) is 16.2. The van der Waals surface area contributed by atoms with Crippen LogP contribution in [0, 0.1) is 0 Å². The molecular formula is C63H37N5S2. The summed E-state index contributed by atoms with van der Waals surface area (Å²) in [6.07, 6.45) is 0. The number of thiophene rings is 2. The van der Waals surface area contributed by atoms with E-state index >= 15 is 0 Å². The van der Waals surface area contributed by atoms with E-state index in [0.29, 0.717) is 17.5 Å². The lowest BCUT2D eigenvalue weighted by Gasteiger charge is -2.13. The van der Waals surface area contributed by atoms with Crippen molar-refractivity contribution in [3.63, 3.8) is 0 Å². The van der Waals surface area contributed by atoms with Gasteiger partial charge in [-0.3, -0.25) is 0 Å². The summed E-state index contributed by atoms with van der Waals surface area (Å²) in [5, 5.41) is 9.89. The van der Waals surface area contributed by atoms with Gasteiger partial charge in [0.2, 0.25) is 0 Å². The van der Waals surface area contributed by atoms with Gasteiger partial charge in [-0.1, -0.05) is 146 Å². The fourth-order valence-corrected chi connectivity index (χ4v) is 13.1. The van der Waals surface area contributed by atoms with E-state index in [1.807, 2.05) is 59.1 Å². The summed E-state index contributed by atoms with van der Waals surface area (Å²) in [5.41, 5.74) is 12.1. The van der Waals surface area contributed by atoms with E-state index in [2.05, 4.69) is 197 Å². The molecular weight excluding hydrogens is 891 g/mol. The van der Waals surface area contributed by atoms with Gasteiger partial charge in [0.15, 0.2) is 17.5 Å². The summed E-state index contributed by atoms with van der Waals surface area (Å²) in [6, 6.07) is 80.8. The lowest BCUT2D eigenvalue weighted by Crippen LogP contribution is -2.01. The Balaban J connectivity index is 0.989. The van der Waals surface area contributed by atoms with Crippen LogP contribution in [0.25, 0.3) is 141 Å². The molecule has 15 rings (SSSR count). The quantitative estimate of drug-likeness (QED) is 0.167. The van der Waals surface area contributed by atoms with Crippen molar-refractivity contribution < 1.29 is 0 Å². The van der Waals surface area contributed by atoms with Gasteiger partial charge >= 0.3 is 0 Å². The van der Waals surface area contributed by atoms with Crippen molar-refractivity contribution in [1.82, 2.24) is 24.1 Å². The number of hydrogen-bond acceptors (Lipinski definition) is 5. The molecule has 0 aliphatic carbocycles. The van der Waals surface area contributed by atoms with Crippen LogP contribution < -0.4 is 0 Å². The first-order valence-corrected chi connectivity index (χ1v) is 25.1. The summed E-state index contributed by atoms with van der Waals surface area (Å²) in [7, 11) is 0. The van der Waals surface area contributed by atoms with Gasteiger partial charge < -0.3 is 9.13 Å². The van der Waals surface area contributed by atoms with Crippen molar-refractivity contribution in [2.45, 2.75) is 0 Å². The van der Waals surface area contributed by atoms with Crippen molar-refractivity contribution in [3.05, 3.63) is 224 Å². The standard InChI is InChI=1S/C63H37N5S2/c1-5-17-38(18-6-1)61-64-62(39-19-7-2-8-20-39)66-63(65-61)52-32-49-51-34-56-48(44-26-14-16-28-54(44)68(56)42-23-11-4-12-24-42)37-60(51)70-58(49)35-46(52)40-29-30-45-50-33-55-47(36-59(50)69-57(45)31-40)43-25-13-15-27-53(43)67(55)41-21-9-3-10-22-41/h1-37H. The molecule has 0 saturated carbocycles. The topological polar surface area (TPSA) is 48.5 Å². The molecule has 70 heavy (non-hydrogen) atoms. The van der Waals surface area contributed by atoms with Crippen molar-refractivity contribution in [3.8, 4) is 56.7 Å². The minimum Gasteiger partial charge on any atom is -0.309 e. The average molecular weight is 928 g/mol. The van der Waals surface area contributed by atoms with Crippen molar-refractivity contribution in [1.29, 1.82) is 0 Å². The molecule has 10 aromatic carbocycles. The summed E-state index contributed by atoms with van der Waals surface area (Å²) in [4.78, 5) is 15.8. The van der Waals surface area contributed by atoms with Crippen LogP contribution in [0.2, 0.25) is 0 Å². The minimum absolute atomic E-state index is 0.635. The highest BCUT2D eigenvalue weighted by molar-refractivity contribution is 7.26. The highest BCUT2D eigenvalue weighted by Gasteiger charge is 2.22. The maximum atomic E-state index is 5.35. The molecule has 5 nitrogen and oxygen atoms in total. The lowest BCUT2D eigenvalue weighted by molar-refractivity contribution is 1.07. The molecule has 0 atom stereocenters. The SMILES string of the molecule is c1ccc(-c2nc(-c3ccccc3)nc(-c3cc4c(cc3-c3ccc5c(c3)sc3cc6c7ccccc7n(-c7ccccc7)c6cc35)sc3cc5c6ccccc6n(-c6ccccc6)c5cc34)n2)cc1. The zero-order valence-electron chi connectivity index (χ0n) is 37.4. The van der Waals surface area contributed by atoms with E-state index in [4.69, 9.17) is 15.0 Å². The Morgan fingerprint density at radius 3 is 1.23 bits per heavy atom. The normalized spacial score (nSPS) is 12.0. The van der Waals surface area contributed by atoms with Crippen LogP contribution in [-0.2, 0) is 0 Å². The van der Waals surface area contributed by atoms with Crippen LogP contribution in [0.4, 0.5) is 0 Å². The van der Waals surface area contributed by atoms with E-state index < -0.39 is 0 Å². The Bertz CT molecular complexity index is 4510. The molecule has 5 aromatic heterocycles. The van der Waals surface area contributed by atoms with Crippen LogP contribution >= 0.6 is 22.7 Å². The smallest absolute Gasteiger partial charge is 0.164 e. The predicted octanol–water partition coefficient (Wildman–Crippen LogP) is 17.5. The van der Waals surface area contributed by atoms with Crippen molar-refractivity contribution in [2.75, 3.05) is 0 Å². The summed E-state index contributed by atoms with van der Waals surface area (Å²) in [5.74, 6) is 1.91. The van der Waals surface area contributed by atoms with E-state index in [1.54, 1.807) is 0 Å². The molecule has 0 amide bonds. The maximum Gasteiger partial charge on any atom is 0.164 e. The largest absolute Gasteiger partial charge is 0.309 e. The third kappa shape index (κ3) is 6.05. The molecule has 0 bridgehead atoms. The van der Waals surface area contributed by atoms with Crippen LogP contribution in [0.1, 0.15) is 0 Å². The molecule has 7 heteroatoms. The molecule has 0 saturated heterocycles. The fourth-order valence-electron chi connectivity index (χ4n) is 10.8. The molecule has 326 valence electrons. The Labute approximate surface area is 409 Å². The average Bonchev–Trinajstić information content (AvgIpc) is 4.16. The highest BCUT2D eigenvalue weighted by Crippen LogP contribution is 2.47. The first kappa shape index (κ1) is 39.3. The third-order valence-electron chi connectivity index (χ3n) is 13.9. The number of para-hydroxylation sites is 4. The van der Waals surface area contributed by atoms with Crippen molar-refractivity contribution >= 4 is 107 Å². The van der Waals surface area contributed by atoms with E-state index in [1.165, 1.54) is 84.0 Å². The van der Waals surface area contributed by atoms with Crippen LogP contribution in [0.5, 0.6) is 0 Å². The number of aromatic nitrogens is 5. The second-order valence-electron chi connectivity index (χ2n) is 18.0. The Morgan fingerprint density at radius 1 is 0.257 bits per heavy atom. The summed E-state index contributed by atoms with van der Waals surface area (Å²) in [6.45, 7) is 0. The molecule has 0 radical (unpaired) electrons. The zero-order chi connectivity index (χ0) is 45.9. The number of benzene rings is 10. The minimum atomic E-state index is 0.635. The van der Waals surface area contributed by atoms with Gasteiger partial charge in [0.05, 0.1) is 22.1 Å². The molecule has 0 spiro atoms. The molecule has 0 aliphatic heterocycles. The fraction of sp³-hybridized carbons (Fsp3) is 0. The number of fused-ring (bicyclic) bond motifs is 12. The number of hydrogen-bond donors (Lipinski definition) is 0. The van der Waals surface area contributed by atoms with Crippen molar-refractivity contribution in [2.24, 2.45) is 0 Å².